The SMILES string of the molecule is Cc1cnc(N(C)Cc2ccccc2CN)nc1. The summed E-state index contributed by atoms with van der Waals surface area (Å²) in [5.74, 6) is 0.729. The van der Waals surface area contributed by atoms with Crippen molar-refractivity contribution in [2.45, 2.75) is 20.0 Å². The summed E-state index contributed by atoms with van der Waals surface area (Å²) in [6.45, 7) is 3.29. The first-order valence-corrected chi connectivity index (χ1v) is 5.97. The van der Waals surface area contributed by atoms with Gasteiger partial charge in [0.05, 0.1) is 0 Å². The molecule has 0 amide bonds. The van der Waals surface area contributed by atoms with E-state index in [-0.39, 0.29) is 0 Å². The van der Waals surface area contributed by atoms with Gasteiger partial charge in [-0.15, -0.1) is 0 Å². The van der Waals surface area contributed by atoms with Crippen LogP contribution < -0.4 is 10.6 Å². The standard InChI is InChI=1S/C14H18N4/c1-11-8-16-14(17-9-11)18(2)10-13-6-4-3-5-12(13)7-15/h3-6,8-9H,7,10,15H2,1-2H3. The van der Waals surface area contributed by atoms with E-state index >= 15 is 0 Å². The van der Waals surface area contributed by atoms with Gasteiger partial charge in [-0.1, -0.05) is 24.3 Å². The second-order valence-corrected chi connectivity index (χ2v) is 4.39. The molecule has 0 aliphatic rings. The number of hydrogen-bond donors (Lipinski definition) is 1. The largest absolute Gasteiger partial charge is 0.340 e. The van der Waals surface area contributed by atoms with Gasteiger partial charge in [0.2, 0.25) is 5.95 Å². The van der Waals surface area contributed by atoms with Gasteiger partial charge in [-0.3, -0.25) is 0 Å². The Morgan fingerprint density at radius 3 is 2.33 bits per heavy atom. The van der Waals surface area contributed by atoms with Gasteiger partial charge in [-0.2, -0.15) is 0 Å². The highest BCUT2D eigenvalue weighted by molar-refractivity contribution is 5.34. The Morgan fingerprint density at radius 1 is 1.11 bits per heavy atom. The van der Waals surface area contributed by atoms with E-state index in [0.29, 0.717) is 6.54 Å². The van der Waals surface area contributed by atoms with Crippen LogP contribution in [0.2, 0.25) is 0 Å². The molecule has 0 bridgehead atoms. The zero-order chi connectivity index (χ0) is 13.0. The van der Waals surface area contributed by atoms with Crippen molar-refractivity contribution in [1.82, 2.24) is 9.97 Å². The molecule has 0 atom stereocenters. The van der Waals surface area contributed by atoms with Gasteiger partial charge in [-0.05, 0) is 23.6 Å². The molecule has 0 radical (unpaired) electrons. The first kappa shape index (κ1) is 12.5. The molecule has 0 saturated carbocycles. The third-order valence-electron chi connectivity index (χ3n) is 2.85. The molecule has 1 aromatic carbocycles. The van der Waals surface area contributed by atoms with Crippen molar-refractivity contribution in [3.05, 3.63) is 53.3 Å². The van der Waals surface area contributed by atoms with Crippen LogP contribution in [0.15, 0.2) is 36.7 Å². The summed E-state index contributed by atoms with van der Waals surface area (Å²) in [6, 6.07) is 8.18. The number of nitrogens with zero attached hydrogens (tertiary/aromatic N) is 3. The van der Waals surface area contributed by atoms with Crippen molar-refractivity contribution >= 4 is 5.95 Å². The second kappa shape index (κ2) is 5.60. The highest BCUT2D eigenvalue weighted by Crippen LogP contribution is 2.13. The summed E-state index contributed by atoms with van der Waals surface area (Å²) in [7, 11) is 1.98. The van der Waals surface area contributed by atoms with Crippen LogP contribution in [0.5, 0.6) is 0 Å². The van der Waals surface area contributed by atoms with Crippen molar-refractivity contribution in [3.63, 3.8) is 0 Å². The van der Waals surface area contributed by atoms with Crippen LogP contribution in [0.25, 0.3) is 0 Å². The number of rotatable bonds is 4. The first-order chi connectivity index (χ1) is 8.70. The first-order valence-electron chi connectivity index (χ1n) is 5.97. The van der Waals surface area contributed by atoms with Crippen molar-refractivity contribution in [1.29, 1.82) is 0 Å². The molecule has 0 spiro atoms. The van der Waals surface area contributed by atoms with Crippen molar-refractivity contribution in [2.75, 3.05) is 11.9 Å². The lowest BCUT2D eigenvalue weighted by molar-refractivity contribution is 0.848. The van der Waals surface area contributed by atoms with Gasteiger partial charge < -0.3 is 10.6 Å². The highest BCUT2D eigenvalue weighted by atomic mass is 15.2. The molecule has 18 heavy (non-hydrogen) atoms. The molecule has 2 aromatic rings. The fourth-order valence-corrected chi connectivity index (χ4v) is 1.82. The van der Waals surface area contributed by atoms with E-state index in [0.717, 1.165) is 23.6 Å². The van der Waals surface area contributed by atoms with Gasteiger partial charge in [0.25, 0.3) is 0 Å². The molecule has 0 aliphatic heterocycles. The molecule has 0 saturated heterocycles. The molecule has 1 aromatic heterocycles. The minimum atomic E-state index is 0.554. The van der Waals surface area contributed by atoms with Gasteiger partial charge in [-0.25, -0.2) is 9.97 Å². The molecule has 94 valence electrons. The minimum Gasteiger partial charge on any atom is -0.340 e. The maximum Gasteiger partial charge on any atom is 0.225 e. The van der Waals surface area contributed by atoms with E-state index in [1.807, 2.05) is 43.4 Å². The number of benzene rings is 1. The lowest BCUT2D eigenvalue weighted by Gasteiger charge is -2.18. The summed E-state index contributed by atoms with van der Waals surface area (Å²) < 4.78 is 0. The topological polar surface area (TPSA) is 55.0 Å². The predicted octanol–water partition coefficient (Wildman–Crippen LogP) is 1.88. The van der Waals surface area contributed by atoms with E-state index in [4.69, 9.17) is 5.73 Å². The Kier molecular flexibility index (Phi) is 3.89. The fraction of sp³-hybridized carbons (Fsp3) is 0.286. The van der Waals surface area contributed by atoms with Crippen LogP contribution in [0.1, 0.15) is 16.7 Å². The zero-order valence-electron chi connectivity index (χ0n) is 10.8. The van der Waals surface area contributed by atoms with Crippen LogP contribution in [0.4, 0.5) is 5.95 Å². The number of aromatic nitrogens is 2. The zero-order valence-corrected chi connectivity index (χ0v) is 10.8. The Morgan fingerprint density at radius 2 is 1.72 bits per heavy atom. The molecule has 0 unspecified atom stereocenters. The smallest absolute Gasteiger partial charge is 0.225 e. The van der Waals surface area contributed by atoms with Crippen LogP contribution in [-0.2, 0) is 13.1 Å². The van der Waals surface area contributed by atoms with Crippen LogP contribution in [0, 0.1) is 6.92 Å². The van der Waals surface area contributed by atoms with Crippen molar-refractivity contribution < 1.29 is 0 Å². The second-order valence-electron chi connectivity index (χ2n) is 4.39. The summed E-state index contributed by atoms with van der Waals surface area (Å²) in [5, 5.41) is 0. The van der Waals surface area contributed by atoms with Gasteiger partial charge in [0.15, 0.2) is 0 Å². The molecule has 2 N–H and O–H groups in total. The van der Waals surface area contributed by atoms with Crippen molar-refractivity contribution in [2.24, 2.45) is 5.73 Å². The van der Waals surface area contributed by atoms with E-state index in [9.17, 15) is 0 Å². The Bertz CT molecular complexity index is 507. The lowest BCUT2D eigenvalue weighted by atomic mass is 10.1. The minimum absolute atomic E-state index is 0.554. The molecule has 0 fully saturated rings. The Hall–Kier alpha value is -1.94. The van der Waals surface area contributed by atoms with E-state index < -0.39 is 0 Å². The Labute approximate surface area is 107 Å². The lowest BCUT2D eigenvalue weighted by Crippen LogP contribution is -2.20. The van der Waals surface area contributed by atoms with Gasteiger partial charge in [0, 0.05) is 32.5 Å². The van der Waals surface area contributed by atoms with Crippen LogP contribution in [-0.4, -0.2) is 17.0 Å². The van der Waals surface area contributed by atoms with E-state index in [2.05, 4.69) is 22.1 Å². The number of nitrogens with two attached hydrogens (primary N) is 1. The maximum atomic E-state index is 5.74. The van der Waals surface area contributed by atoms with Gasteiger partial charge in [0.1, 0.15) is 0 Å². The quantitative estimate of drug-likeness (QED) is 0.889. The third kappa shape index (κ3) is 2.84. The number of aryl methyl sites for hydroxylation is 1. The summed E-state index contributed by atoms with van der Waals surface area (Å²) in [4.78, 5) is 10.6. The van der Waals surface area contributed by atoms with E-state index in [1.54, 1.807) is 0 Å². The van der Waals surface area contributed by atoms with Crippen molar-refractivity contribution in [3.8, 4) is 0 Å². The maximum absolute atomic E-state index is 5.74. The monoisotopic (exact) mass is 242 g/mol. The molecule has 2 rings (SSSR count). The van der Waals surface area contributed by atoms with Crippen LogP contribution in [0.3, 0.4) is 0 Å². The molecular weight excluding hydrogens is 224 g/mol. The third-order valence-corrected chi connectivity index (χ3v) is 2.85. The van der Waals surface area contributed by atoms with E-state index in [1.165, 1.54) is 5.56 Å². The average Bonchev–Trinajstić information content (AvgIpc) is 2.40. The highest BCUT2D eigenvalue weighted by Gasteiger charge is 2.07. The van der Waals surface area contributed by atoms with Gasteiger partial charge >= 0.3 is 0 Å². The summed E-state index contributed by atoms with van der Waals surface area (Å²) in [5.41, 5.74) is 9.18. The average molecular weight is 242 g/mol. The number of hydrogen-bond acceptors (Lipinski definition) is 4. The van der Waals surface area contributed by atoms with Crippen LogP contribution >= 0.6 is 0 Å². The normalized spacial score (nSPS) is 10.4. The summed E-state index contributed by atoms with van der Waals surface area (Å²) in [6.07, 6.45) is 3.65. The number of anilines is 1. The summed E-state index contributed by atoms with van der Waals surface area (Å²) >= 11 is 0. The fourth-order valence-electron chi connectivity index (χ4n) is 1.82. The predicted molar refractivity (Wildman–Crippen MR) is 73.2 cm³/mol. The molecule has 4 nitrogen and oxygen atoms in total. The Balaban J connectivity index is 2.15. The molecule has 4 heteroatoms. The molecular formula is C14H18N4. The molecule has 1 heterocycles. The molecule has 0 aliphatic carbocycles.